The Kier molecular flexibility index (Phi) is 2.85. The smallest absolute Gasteiger partial charge is 0.252 e. The van der Waals surface area contributed by atoms with E-state index in [1.807, 2.05) is 0 Å². The lowest BCUT2D eigenvalue weighted by molar-refractivity contribution is 0.602. The fraction of sp³-hybridized carbons (Fsp3) is 0.364. The van der Waals surface area contributed by atoms with Crippen LogP contribution in [-0.2, 0) is 9.84 Å². The monoisotopic (exact) mass is 294 g/mol. The third-order valence-electron chi connectivity index (χ3n) is 2.91. The summed E-state index contributed by atoms with van der Waals surface area (Å²) in [5.41, 5.74) is 5.92. The van der Waals surface area contributed by atoms with Gasteiger partial charge < -0.3 is 11.1 Å². The molecule has 0 unspecified atom stereocenters. The van der Waals surface area contributed by atoms with E-state index >= 15 is 0 Å². The van der Waals surface area contributed by atoms with Gasteiger partial charge in [0.25, 0.3) is 5.95 Å². The Hall–Kier alpha value is -2.16. The molecule has 3 rings (SSSR count). The van der Waals surface area contributed by atoms with E-state index in [0.717, 1.165) is 19.1 Å². The molecule has 2 heterocycles. The normalized spacial score (nSPS) is 15.2. The van der Waals surface area contributed by atoms with Gasteiger partial charge in [0.05, 0.1) is 0 Å². The highest BCUT2D eigenvalue weighted by atomic mass is 32.2. The molecule has 1 aliphatic rings. The number of aromatic nitrogens is 4. The number of hydrogen-bond acceptors (Lipinski definition) is 7. The van der Waals surface area contributed by atoms with Crippen LogP contribution in [0.1, 0.15) is 12.8 Å². The van der Waals surface area contributed by atoms with Gasteiger partial charge in [0.15, 0.2) is 26.4 Å². The van der Waals surface area contributed by atoms with Crippen LogP contribution in [0.4, 0.5) is 11.6 Å². The minimum absolute atomic E-state index is 0.00291. The molecule has 20 heavy (non-hydrogen) atoms. The van der Waals surface area contributed by atoms with E-state index in [1.54, 1.807) is 6.07 Å². The highest BCUT2D eigenvalue weighted by Gasteiger charge is 2.30. The number of nitrogen functional groups attached to an aromatic ring is 1. The molecule has 0 spiro atoms. The van der Waals surface area contributed by atoms with Crippen molar-refractivity contribution < 1.29 is 8.42 Å². The van der Waals surface area contributed by atoms with Crippen molar-refractivity contribution in [2.45, 2.75) is 23.8 Å². The first kappa shape index (κ1) is 12.9. The van der Waals surface area contributed by atoms with Crippen LogP contribution in [0, 0.1) is 0 Å². The molecule has 0 amide bonds. The fourth-order valence-corrected chi connectivity index (χ4v) is 2.77. The van der Waals surface area contributed by atoms with E-state index in [-0.39, 0.29) is 28.5 Å². The van der Waals surface area contributed by atoms with Crippen LogP contribution in [-0.4, -0.2) is 40.5 Å². The number of anilines is 2. The molecule has 0 bridgehead atoms. The summed E-state index contributed by atoms with van der Waals surface area (Å²) in [5, 5.41) is 7.28. The van der Waals surface area contributed by atoms with Gasteiger partial charge in [0.1, 0.15) is 0 Å². The highest BCUT2D eigenvalue weighted by Crippen LogP contribution is 2.32. The minimum atomic E-state index is -3.50. The van der Waals surface area contributed by atoms with Crippen LogP contribution in [0.5, 0.6) is 0 Å². The zero-order valence-electron chi connectivity index (χ0n) is 10.8. The van der Waals surface area contributed by atoms with E-state index < -0.39 is 9.84 Å². The zero-order chi connectivity index (χ0) is 14.3. The number of nitrogens with zero attached hydrogens (tertiary/aromatic N) is 4. The zero-order valence-corrected chi connectivity index (χ0v) is 11.6. The van der Waals surface area contributed by atoms with Gasteiger partial charge in [-0.15, -0.1) is 5.10 Å². The Balaban J connectivity index is 2.15. The number of nitrogens with two attached hydrogens (primary N) is 1. The molecular formula is C11H14N6O2S. The molecule has 9 heteroatoms. The van der Waals surface area contributed by atoms with Gasteiger partial charge in [-0.2, -0.15) is 4.68 Å². The summed E-state index contributed by atoms with van der Waals surface area (Å²) in [6.45, 7) is 0. The summed E-state index contributed by atoms with van der Waals surface area (Å²) >= 11 is 0. The molecule has 106 valence electrons. The van der Waals surface area contributed by atoms with E-state index in [4.69, 9.17) is 5.73 Å². The van der Waals surface area contributed by atoms with Crippen molar-refractivity contribution in [3.05, 3.63) is 18.5 Å². The molecule has 2 aromatic rings. The van der Waals surface area contributed by atoms with Gasteiger partial charge in [0.2, 0.25) is 0 Å². The second-order valence-electron chi connectivity index (χ2n) is 4.71. The van der Waals surface area contributed by atoms with Crippen LogP contribution in [0.3, 0.4) is 0 Å². The van der Waals surface area contributed by atoms with Crippen molar-refractivity contribution in [2.75, 3.05) is 17.3 Å². The van der Waals surface area contributed by atoms with E-state index in [1.165, 1.54) is 17.1 Å². The van der Waals surface area contributed by atoms with Gasteiger partial charge in [-0.25, -0.2) is 18.4 Å². The van der Waals surface area contributed by atoms with E-state index in [0.29, 0.717) is 0 Å². The molecular weight excluding hydrogens is 280 g/mol. The summed E-state index contributed by atoms with van der Waals surface area (Å²) in [7, 11) is -3.50. The molecule has 1 saturated carbocycles. The topological polar surface area (TPSA) is 116 Å². The first-order chi connectivity index (χ1) is 9.47. The SMILES string of the molecule is CS(=O)(=O)c1c(NC2CC2)nn(-c2ncccn2)c1N. The van der Waals surface area contributed by atoms with Gasteiger partial charge in [-0.1, -0.05) is 0 Å². The summed E-state index contributed by atoms with van der Waals surface area (Å²) < 4.78 is 25.1. The standard InChI is InChI=1S/C11H14N6O2S/c1-20(18,19)8-9(12)17(11-13-5-2-6-14-11)16-10(8)15-7-3-4-7/h2,5-7H,3-4,12H2,1H3,(H,15,16). The maximum Gasteiger partial charge on any atom is 0.252 e. The molecule has 0 saturated heterocycles. The third kappa shape index (κ3) is 2.31. The average Bonchev–Trinajstić information content (AvgIpc) is 3.12. The lowest BCUT2D eigenvalue weighted by Gasteiger charge is -2.02. The predicted octanol–water partition coefficient (Wildman–Crippen LogP) is 0.222. The maximum atomic E-state index is 11.9. The van der Waals surface area contributed by atoms with Crippen molar-refractivity contribution in [1.29, 1.82) is 0 Å². The summed E-state index contributed by atoms with van der Waals surface area (Å²) in [5.74, 6) is 0.514. The van der Waals surface area contributed by atoms with Crippen molar-refractivity contribution in [1.82, 2.24) is 19.7 Å². The first-order valence-electron chi connectivity index (χ1n) is 6.09. The van der Waals surface area contributed by atoms with Crippen LogP contribution >= 0.6 is 0 Å². The Labute approximate surface area is 116 Å². The summed E-state index contributed by atoms with van der Waals surface area (Å²) in [6, 6.07) is 1.92. The Morgan fingerprint density at radius 2 is 2.00 bits per heavy atom. The van der Waals surface area contributed by atoms with Crippen molar-refractivity contribution >= 4 is 21.5 Å². The van der Waals surface area contributed by atoms with Crippen molar-refractivity contribution in [2.24, 2.45) is 0 Å². The quantitative estimate of drug-likeness (QED) is 0.828. The second-order valence-corrected chi connectivity index (χ2v) is 6.67. The van der Waals surface area contributed by atoms with Crippen LogP contribution < -0.4 is 11.1 Å². The molecule has 8 nitrogen and oxygen atoms in total. The third-order valence-corrected chi connectivity index (χ3v) is 4.05. The summed E-state index contributed by atoms with van der Waals surface area (Å²) in [6.07, 6.45) is 6.18. The molecule has 0 aliphatic heterocycles. The number of sulfone groups is 1. The lowest BCUT2D eigenvalue weighted by Crippen LogP contribution is -2.08. The van der Waals surface area contributed by atoms with Crippen LogP contribution in [0.2, 0.25) is 0 Å². The van der Waals surface area contributed by atoms with Gasteiger partial charge in [-0.3, -0.25) is 0 Å². The predicted molar refractivity (Wildman–Crippen MR) is 73.3 cm³/mol. The van der Waals surface area contributed by atoms with Gasteiger partial charge >= 0.3 is 0 Å². The first-order valence-corrected chi connectivity index (χ1v) is 7.98. The van der Waals surface area contributed by atoms with E-state index in [2.05, 4.69) is 20.4 Å². The van der Waals surface area contributed by atoms with E-state index in [9.17, 15) is 8.42 Å². The molecule has 3 N–H and O–H groups in total. The van der Waals surface area contributed by atoms with Gasteiger partial charge in [0, 0.05) is 24.7 Å². The Morgan fingerprint density at radius 1 is 1.35 bits per heavy atom. The lowest BCUT2D eigenvalue weighted by atomic mass is 10.5. The molecule has 1 fully saturated rings. The number of hydrogen-bond donors (Lipinski definition) is 2. The fourth-order valence-electron chi connectivity index (χ4n) is 1.85. The summed E-state index contributed by atoms with van der Waals surface area (Å²) in [4.78, 5) is 8.05. The largest absolute Gasteiger partial charge is 0.382 e. The number of rotatable bonds is 4. The molecule has 0 aromatic carbocycles. The van der Waals surface area contributed by atoms with Gasteiger partial charge in [-0.05, 0) is 18.9 Å². The Morgan fingerprint density at radius 3 is 2.55 bits per heavy atom. The highest BCUT2D eigenvalue weighted by molar-refractivity contribution is 7.91. The minimum Gasteiger partial charge on any atom is -0.382 e. The maximum absolute atomic E-state index is 11.9. The molecule has 0 radical (unpaired) electrons. The average molecular weight is 294 g/mol. The molecule has 2 aromatic heterocycles. The number of nitrogens with one attached hydrogen (secondary N) is 1. The molecule has 1 aliphatic carbocycles. The van der Waals surface area contributed by atoms with Crippen LogP contribution in [0.25, 0.3) is 5.95 Å². The van der Waals surface area contributed by atoms with Crippen LogP contribution in [0.15, 0.2) is 23.4 Å². The van der Waals surface area contributed by atoms with Crippen molar-refractivity contribution in [3.63, 3.8) is 0 Å². The van der Waals surface area contributed by atoms with Crippen molar-refractivity contribution in [3.8, 4) is 5.95 Å². The molecule has 0 atom stereocenters. The second kappa shape index (κ2) is 4.44. The Bertz CT molecular complexity index is 736.